The van der Waals surface area contributed by atoms with Gasteiger partial charge in [-0.05, 0) is 73.9 Å². The topological polar surface area (TPSA) is 77.0 Å². The summed E-state index contributed by atoms with van der Waals surface area (Å²) in [6.07, 6.45) is 5.26. The average molecular weight is 550 g/mol. The van der Waals surface area contributed by atoms with Crippen molar-refractivity contribution in [3.8, 4) is 5.75 Å². The fourth-order valence-corrected chi connectivity index (χ4v) is 4.01. The number of halogens is 1. The molecule has 0 spiro atoms. The molecule has 0 bridgehead atoms. The Balaban J connectivity index is 0.00000363. The van der Waals surface area contributed by atoms with Crippen molar-refractivity contribution in [3.05, 3.63) is 64.2 Å². The van der Waals surface area contributed by atoms with Crippen LogP contribution in [0.1, 0.15) is 52.4 Å². The van der Waals surface area contributed by atoms with Crippen LogP contribution in [-0.2, 0) is 25.8 Å². The molecule has 1 aliphatic rings. The largest absolute Gasteiger partial charge is 0.508 e. The Bertz CT molecular complexity index is 944. The molecule has 174 valence electrons. The average Bonchev–Trinajstić information content (AvgIpc) is 2.78. The number of benzene rings is 2. The first-order chi connectivity index (χ1) is 15.0. The molecule has 7 heteroatoms. The Morgan fingerprint density at radius 1 is 1.12 bits per heavy atom. The molecule has 2 aromatic rings. The standard InChI is InChI=1S/C25H34N4O2.HI/c1-4-26-25(27-15-14-18-8-7-10-20(16-18)24(31)29(2)3)28-17-22-21-11-6-5-9-19(21)12-13-23(22)30;/h7-8,10,12-13,16,30H,4-6,9,11,14-15,17H2,1-3H3,(H2,26,27,28);1H. The summed E-state index contributed by atoms with van der Waals surface area (Å²) in [5.74, 6) is 1.08. The van der Waals surface area contributed by atoms with Crippen molar-refractivity contribution in [2.45, 2.75) is 45.6 Å². The number of aromatic hydroxyl groups is 1. The smallest absolute Gasteiger partial charge is 0.253 e. The number of amides is 1. The molecule has 0 radical (unpaired) electrons. The summed E-state index contributed by atoms with van der Waals surface area (Å²) in [7, 11) is 3.52. The van der Waals surface area contributed by atoms with Crippen LogP contribution in [0.15, 0.2) is 41.4 Å². The summed E-state index contributed by atoms with van der Waals surface area (Å²) in [4.78, 5) is 18.5. The number of aliphatic imine (C=N–C) groups is 1. The Kier molecular flexibility index (Phi) is 10.3. The van der Waals surface area contributed by atoms with E-state index in [1.165, 1.54) is 24.0 Å². The van der Waals surface area contributed by atoms with E-state index in [1.54, 1.807) is 25.1 Å². The zero-order valence-electron chi connectivity index (χ0n) is 19.3. The molecule has 3 rings (SSSR count). The van der Waals surface area contributed by atoms with E-state index >= 15 is 0 Å². The van der Waals surface area contributed by atoms with Crippen LogP contribution >= 0.6 is 24.0 Å². The SMILES string of the molecule is CCNC(=NCc1c(O)ccc2c1CCCC2)NCCc1cccc(C(=O)N(C)C)c1.I. The van der Waals surface area contributed by atoms with Gasteiger partial charge in [0.05, 0.1) is 6.54 Å². The second-order valence-electron chi connectivity index (χ2n) is 8.18. The number of guanidine groups is 1. The van der Waals surface area contributed by atoms with Gasteiger partial charge in [-0.2, -0.15) is 0 Å². The van der Waals surface area contributed by atoms with Crippen molar-refractivity contribution in [2.75, 3.05) is 27.2 Å². The number of hydrogen-bond acceptors (Lipinski definition) is 3. The van der Waals surface area contributed by atoms with E-state index in [0.29, 0.717) is 24.4 Å². The van der Waals surface area contributed by atoms with Crippen LogP contribution in [-0.4, -0.2) is 49.1 Å². The maximum atomic E-state index is 12.2. The number of phenols is 1. The minimum absolute atomic E-state index is 0. The molecule has 0 unspecified atom stereocenters. The first-order valence-corrected chi connectivity index (χ1v) is 11.1. The number of carbonyl (C=O) groups excluding carboxylic acids is 1. The predicted molar refractivity (Wildman–Crippen MR) is 141 cm³/mol. The summed E-state index contributed by atoms with van der Waals surface area (Å²) in [6.45, 7) is 3.95. The van der Waals surface area contributed by atoms with E-state index < -0.39 is 0 Å². The summed E-state index contributed by atoms with van der Waals surface area (Å²) in [5.41, 5.74) is 5.37. The summed E-state index contributed by atoms with van der Waals surface area (Å²) in [5, 5.41) is 17.1. The predicted octanol–water partition coefficient (Wildman–Crippen LogP) is 3.89. The number of nitrogens with zero attached hydrogens (tertiary/aromatic N) is 2. The Morgan fingerprint density at radius 2 is 1.91 bits per heavy atom. The number of carbonyl (C=O) groups is 1. The van der Waals surface area contributed by atoms with Crippen molar-refractivity contribution in [1.29, 1.82) is 0 Å². The van der Waals surface area contributed by atoms with Gasteiger partial charge < -0.3 is 20.6 Å². The lowest BCUT2D eigenvalue weighted by molar-refractivity contribution is 0.0827. The van der Waals surface area contributed by atoms with Gasteiger partial charge in [-0.15, -0.1) is 24.0 Å². The molecular formula is C25H35IN4O2. The highest BCUT2D eigenvalue weighted by molar-refractivity contribution is 14.0. The molecule has 1 amide bonds. The number of aryl methyl sites for hydroxylation is 1. The van der Waals surface area contributed by atoms with Crippen molar-refractivity contribution >= 4 is 35.8 Å². The number of rotatable bonds is 7. The highest BCUT2D eigenvalue weighted by atomic mass is 127. The second-order valence-corrected chi connectivity index (χ2v) is 8.18. The van der Waals surface area contributed by atoms with Crippen LogP contribution in [0, 0.1) is 0 Å². The van der Waals surface area contributed by atoms with E-state index in [0.717, 1.165) is 42.9 Å². The Labute approximate surface area is 208 Å². The molecule has 2 aromatic carbocycles. The first kappa shape index (κ1) is 26.0. The van der Waals surface area contributed by atoms with Gasteiger partial charge in [0.15, 0.2) is 5.96 Å². The minimum atomic E-state index is 0. The van der Waals surface area contributed by atoms with Crippen LogP contribution in [0.25, 0.3) is 0 Å². The molecule has 0 aromatic heterocycles. The van der Waals surface area contributed by atoms with Gasteiger partial charge >= 0.3 is 0 Å². The number of hydrogen-bond donors (Lipinski definition) is 3. The Hall–Kier alpha value is -2.29. The quantitative estimate of drug-likeness (QED) is 0.278. The molecule has 0 fully saturated rings. The van der Waals surface area contributed by atoms with Gasteiger partial charge in [0.2, 0.25) is 0 Å². The molecule has 0 saturated heterocycles. The third kappa shape index (κ3) is 6.85. The van der Waals surface area contributed by atoms with Gasteiger partial charge in [0.1, 0.15) is 5.75 Å². The molecule has 0 saturated carbocycles. The van der Waals surface area contributed by atoms with Gasteiger partial charge in [0, 0.05) is 38.3 Å². The third-order valence-electron chi connectivity index (χ3n) is 5.65. The van der Waals surface area contributed by atoms with Crippen LogP contribution < -0.4 is 10.6 Å². The van der Waals surface area contributed by atoms with Crippen molar-refractivity contribution < 1.29 is 9.90 Å². The van der Waals surface area contributed by atoms with Crippen LogP contribution in [0.5, 0.6) is 5.75 Å². The van der Waals surface area contributed by atoms with Crippen molar-refractivity contribution in [2.24, 2.45) is 4.99 Å². The first-order valence-electron chi connectivity index (χ1n) is 11.1. The summed E-state index contributed by atoms with van der Waals surface area (Å²) >= 11 is 0. The zero-order valence-corrected chi connectivity index (χ0v) is 21.6. The fourth-order valence-electron chi connectivity index (χ4n) is 4.01. The highest BCUT2D eigenvalue weighted by Gasteiger charge is 2.16. The lowest BCUT2D eigenvalue weighted by Crippen LogP contribution is -2.38. The number of fused-ring (bicyclic) bond motifs is 1. The lowest BCUT2D eigenvalue weighted by atomic mass is 9.88. The molecule has 6 nitrogen and oxygen atoms in total. The van der Waals surface area contributed by atoms with Gasteiger partial charge in [-0.1, -0.05) is 18.2 Å². The van der Waals surface area contributed by atoms with Gasteiger partial charge in [-0.3, -0.25) is 4.79 Å². The molecule has 1 aliphatic carbocycles. The second kappa shape index (κ2) is 12.7. The highest BCUT2D eigenvalue weighted by Crippen LogP contribution is 2.31. The summed E-state index contributed by atoms with van der Waals surface area (Å²) in [6, 6.07) is 11.6. The van der Waals surface area contributed by atoms with E-state index in [-0.39, 0.29) is 29.9 Å². The van der Waals surface area contributed by atoms with Crippen LogP contribution in [0.4, 0.5) is 0 Å². The fraction of sp³-hybridized carbons (Fsp3) is 0.440. The summed E-state index contributed by atoms with van der Waals surface area (Å²) < 4.78 is 0. The van der Waals surface area contributed by atoms with E-state index in [2.05, 4.69) is 16.7 Å². The van der Waals surface area contributed by atoms with Crippen LogP contribution in [0.2, 0.25) is 0 Å². The lowest BCUT2D eigenvalue weighted by Gasteiger charge is -2.20. The van der Waals surface area contributed by atoms with E-state index in [4.69, 9.17) is 4.99 Å². The maximum Gasteiger partial charge on any atom is 0.253 e. The normalized spacial score (nSPS) is 13.0. The monoisotopic (exact) mass is 550 g/mol. The van der Waals surface area contributed by atoms with Crippen LogP contribution in [0.3, 0.4) is 0 Å². The number of nitrogens with one attached hydrogen (secondary N) is 2. The zero-order chi connectivity index (χ0) is 22.2. The Morgan fingerprint density at radius 3 is 2.66 bits per heavy atom. The molecule has 0 aliphatic heterocycles. The molecule has 32 heavy (non-hydrogen) atoms. The van der Waals surface area contributed by atoms with Crippen molar-refractivity contribution in [1.82, 2.24) is 15.5 Å². The van der Waals surface area contributed by atoms with Gasteiger partial charge in [0.25, 0.3) is 5.91 Å². The van der Waals surface area contributed by atoms with E-state index in [1.807, 2.05) is 31.2 Å². The van der Waals surface area contributed by atoms with Gasteiger partial charge in [-0.25, -0.2) is 4.99 Å². The molecule has 0 atom stereocenters. The maximum absolute atomic E-state index is 12.2. The minimum Gasteiger partial charge on any atom is -0.508 e. The van der Waals surface area contributed by atoms with E-state index in [9.17, 15) is 9.90 Å². The molecule has 0 heterocycles. The molecular weight excluding hydrogens is 515 g/mol. The molecule has 3 N–H and O–H groups in total. The number of phenolic OH excluding ortho intramolecular Hbond substituents is 1. The third-order valence-corrected chi connectivity index (χ3v) is 5.65. The van der Waals surface area contributed by atoms with Crippen molar-refractivity contribution in [3.63, 3.8) is 0 Å².